The van der Waals surface area contributed by atoms with Crippen LogP contribution in [0.4, 0.5) is 5.82 Å². The van der Waals surface area contributed by atoms with E-state index >= 15 is 0 Å². The van der Waals surface area contributed by atoms with Crippen molar-refractivity contribution in [1.82, 2.24) is 10.3 Å². The van der Waals surface area contributed by atoms with Crippen molar-refractivity contribution >= 4 is 17.4 Å². The zero-order valence-electron chi connectivity index (χ0n) is 11.0. The number of halogens is 1. The molecule has 96 valence electrons. The van der Waals surface area contributed by atoms with Crippen molar-refractivity contribution in [3.63, 3.8) is 0 Å². The first-order chi connectivity index (χ1) is 7.99. The zero-order chi connectivity index (χ0) is 12.8. The molecule has 0 aliphatic carbocycles. The lowest BCUT2D eigenvalue weighted by Crippen LogP contribution is -2.23. The Labute approximate surface area is 109 Å². The number of hydrogen-bond donors (Lipinski definition) is 2. The third kappa shape index (κ3) is 5.37. The summed E-state index contributed by atoms with van der Waals surface area (Å²) in [5.74, 6) is 1.49. The highest BCUT2D eigenvalue weighted by atomic mass is 35.5. The van der Waals surface area contributed by atoms with Crippen molar-refractivity contribution in [2.45, 2.75) is 40.3 Å². The van der Waals surface area contributed by atoms with E-state index in [1.807, 2.05) is 12.1 Å². The summed E-state index contributed by atoms with van der Waals surface area (Å²) in [5, 5.41) is 7.34. The van der Waals surface area contributed by atoms with E-state index in [2.05, 4.69) is 43.3 Å². The van der Waals surface area contributed by atoms with E-state index in [4.69, 9.17) is 11.6 Å². The number of nitrogens with zero attached hydrogens (tertiary/aromatic N) is 1. The molecule has 1 rings (SSSR count). The monoisotopic (exact) mass is 255 g/mol. The minimum absolute atomic E-state index is 0.431. The third-order valence-corrected chi connectivity index (χ3v) is 2.63. The molecule has 0 atom stereocenters. The maximum atomic E-state index is 6.11. The first-order valence-electron chi connectivity index (χ1n) is 6.11. The smallest absolute Gasteiger partial charge is 0.126 e. The van der Waals surface area contributed by atoms with Crippen molar-refractivity contribution < 1.29 is 0 Å². The highest BCUT2D eigenvalue weighted by Gasteiger charge is 2.05. The van der Waals surface area contributed by atoms with E-state index in [0.29, 0.717) is 23.5 Å². The molecule has 0 aliphatic rings. The summed E-state index contributed by atoms with van der Waals surface area (Å²) in [6.45, 7) is 10.2. The second-order valence-corrected chi connectivity index (χ2v) is 5.34. The molecule has 1 heterocycles. The molecule has 3 nitrogen and oxygen atoms in total. The first kappa shape index (κ1) is 14.3. The summed E-state index contributed by atoms with van der Waals surface area (Å²) in [6.07, 6.45) is 0. The van der Waals surface area contributed by atoms with Gasteiger partial charge in [0.05, 0.1) is 10.7 Å². The van der Waals surface area contributed by atoms with Gasteiger partial charge in [-0.25, -0.2) is 4.98 Å². The second-order valence-electron chi connectivity index (χ2n) is 4.94. The number of pyridine rings is 1. The van der Waals surface area contributed by atoms with Crippen LogP contribution in [0.2, 0.25) is 5.02 Å². The lowest BCUT2D eigenvalue weighted by molar-refractivity contribution is 0.581. The van der Waals surface area contributed by atoms with Crippen LogP contribution in [-0.4, -0.2) is 17.6 Å². The molecular weight excluding hydrogens is 234 g/mol. The maximum absolute atomic E-state index is 6.11. The molecule has 17 heavy (non-hydrogen) atoms. The fraction of sp³-hybridized carbons (Fsp3) is 0.615. The van der Waals surface area contributed by atoms with Crippen LogP contribution < -0.4 is 10.6 Å². The van der Waals surface area contributed by atoms with Crippen molar-refractivity contribution in [2.24, 2.45) is 5.92 Å². The van der Waals surface area contributed by atoms with Crippen LogP contribution in [0.3, 0.4) is 0 Å². The molecule has 4 heteroatoms. The predicted molar refractivity (Wildman–Crippen MR) is 74.6 cm³/mol. The average Bonchev–Trinajstić information content (AvgIpc) is 2.26. The van der Waals surface area contributed by atoms with E-state index in [9.17, 15) is 0 Å². The van der Waals surface area contributed by atoms with Crippen LogP contribution in [-0.2, 0) is 6.54 Å². The SMILES string of the molecule is CC(C)CNc1ccc(Cl)c(CNC(C)C)n1. The van der Waals surface area contributed by atoms with E-state index in [1.165, 1.54) is 0 Å². The zero-order valence-corrected chi connectivity index (χ0v) is 11.8. The summed E-state index contributed by atoms with van der Waals surface area (Å²) in [7, 11) is 0. The van der Waals surface area contributed by atoms with Gasteiger partial charge >= 0.3 is 0 Å². The van der Waals surface area contributed by atoms with Crippen LogP contribution in [0.5, 0.6) is 0 Å². The third-order valence-electron chi connectivity index (χ3n) is 2.29. The standard InChI is InChI=1S/C13H22ClN3/c1-9(2)7-16-13-6-5-11(14)12(17-13)8-15-10(3)4/h5-6,9-10,15H,7-8H2,1-4H3,(H,16,17). The van der Waals surface area contributed by atoms with Gasteiger partial charge in [0.1, 0.15) is 5.82 Å². The van der Waals surface area contributed by atoms with Gasteiger partial charge in [-0.2, -0.15) is 0 Å². The number of hydrogen-bond acceptors (Lipinski definition) is 3. The van der Waals surface area contributed by atoms with Crippen molar-refractivity contribution in [1.29, 1.82) is 0 Å². The van der Waals surface area contributed by atoms with Crippen LogP contribution in [0, 0.1) is 5.92 Å². The Kier molecular flexibility index (Phi) is 5.72. The minimum Gasteiger partial charge on any atom is -0.370 e. The summed E-state index contributed by atoms with van der Waals surface area (Å²) < 4.78 is 0. The molecule has 0 radical (unpaired) electrons. The van der Waals surface area contributed by atoms with Crippen molar-refractivity contribution in [2.75, 3.05) is 11.9 Å². The van der Waals surface area contributed by atoms with E-state index in [-0.39, 0.29) is 0 Å². The number of anilines is 1. The molecular formula is C13H22ClN3. The van der Waals surface area contributed by atoms with Gasteiger partial charge in [0.15, 0.2) is 0 Å². The Morgan fingerprint density at radius 3 is 2.53 bits per heavy atom. The van der Waals surface area contributed by atoms with Gasteiger partial charge in [0, 0.05) is 19.1 Å². The number of rotatable bonds is 6. The normalized spacial score (nSPS) is 11.2. The summed E-state index contributed by atoms with van der Waals surface area (Å²) in [4.78, 5) is 4.51. The summed E-state index contributed by atoms with van der Waals surface area (Å²) in [6, 6.07) is 4.25. The Morgan fingerprint density at radius 2 is 1.94 bits per heavy atom. The molecule has 0 bridgehead atoms. The van der Waals surface area contributed by atoms with Gasteiger partial charge in [-0.1, -0.05) is 39.3 Å². The lowest BCUT2D eigenvalue weighted by atomic mass is 10.2. The number of nitrogens with one attached hydrogen (secondary N) is 2. The van der Waals surface area contributed by atoms with E-state index < -0.39 is 0 Å². The quantitative estimate of drug-likeness (QED) is 0.819. The molecule has 1 aromatic heterocycles. The van der Waals surface area contributed by atoms with Gasteiger partial charge in [-0.3, -0.25) is 0 Å². The highest BCUT2D eigenvalue weighted by molar-refractivity contribution is 6.31. The van der Waals surface area contributed by atoms with Gasteiger partial charge in [0.2, 0.25) is 0 Å². The van der Waals surface area contributed by atoms with Crippen molar-refractivity contribution in [3.8, 4) is 0 Å². The molecule has 0 saturated carbocycles. The Bertz CT molecular complexity index is 351. The van der Waals surface area contributed by atoms with Gasteiger partial charge in [-0.15, -0.1) is 0 Å². The largest absolute Gasteiger partial charge is 0.370 e. The van der Waals surface area contributed by atoms with Gasteiger partial charge < -0.3 is 10.6 Å². The maximum Gasteiger partial charge on any atom is 0.126 e. The lowest BCUT2D eigenvalue weighted by Gasteiger charge is -2.12. The molecule has 0 saturated heterocycles. The average molecular weight is 256 g/mol. The van der Waals surface area contributed by atoms with E-state index in [1.54, 1.807) is 0 Å². The molecule has 0 unspecified atom stereocenters. The summed E-state index contributed by atoms with van der Waals surface area (Å²) >= 11 is 6.11. The van der Waals surface area contributed by atoms with Gasteiger partial charge in [0.25, 0.3) is 0 Å². The fourth-order valence-electron chi connectivity index (χ4n) is 1.32. The highest BCUT2D eigenvalue weighted by Crippen LogP contribution is 2.17. The Morgan fingerprint density at radius 1 is 1.24 bits per heavy atom. The summed E-state index contributed by atoms with van der Waals surface area (Å²) in [5.41, 5.74) is 0.897. The van der Waals surface area contributed by atoms with Crippen LogP contribution in [0.25, 0.3) is 0 Å². The van der Waals surface area contributed by atoms with Crippen LogP contribution in [0.1, 0.15) is 33.4 Å². The molecule has 2 N–H and O–H groups in total. The van der Waals surface area contributed by atoms with Crippen LogP contribution >= 0.6 is 11.6 Å². The van der Waals surface area contributed by atoms with Gasteiger partial charge in [-0.05, 0) is 18.1 Å². The van der Waals surface area contributed by atoms with Crippen molar-refractivity contribution in [3.05, 3.63) is 22.8 Å². The molecule has 0 fully saturated rings. The molecule has 0 amide bonds. The molecule has 0 aromatic carbocycles. The van der Waals surface area contributed by atoms with Crippen LogP contribution in [0.15, 0.2) is 12.1 Å². The first-order valence-corrected chi connectivity index (χ1v) is 6.49. The topological polar surface area (TPSA) is 37.0 Å². The second kappa shape index (κ2) is 6.82. The molecule has 1 aromatic rings. The van der Waals surface area contributed by atoms with E-state index in [0.717, 1.165) is 18.1 Å². The fourth-order valence-corrected chi connectivity index (χ4v) is 1.49. The number of aromatic nitrogens is 1. The molecule has 0 aliphatic heterocycles. The Balaban J connectivity index is 2.65. The Hall–Kier alpha value is -0.800. The predicted octanol–water partition coefficient (Wildman–Crippen LogP) is 3.30. The molecule has 0 spiro atoms. The minimum atomic E-state index is 0.431.